The summed E-state index contributed by atoms with van der Waals surface area (Å²) in [6.07, 6.45) is 2.44. The van der Waals surface area contributed by atoms with Gasteiger partial charge in [0.05, 0.1) is 0 Å². The molecule has 0 heterocycles. The average Bonchev–Trinajstić information content (AvgIpc) is 1.95. The number of rotatable bonds is 5. The van der Waals surface area contributed by atoms with Gasteiger partial charge in [-0.15, -0.1) is 6.58 Å². The maximum absolute atomic E-state index is 10.4. The summed E-state index contributed by atoms with van der Waals surface area (Å²) in [5.41, 5.74) is 0. The molecule has 5 nitrogen and oxygen atoms in total. The molecule has 0 aromatic heterocycles. The molecule has 6 heteroatoms. The van der Waals surface area contributed by atoms with Crippen LogP contribution in [0.15, 0.2) is 23.8 Å². The van der Waals surface area contributed by atoms with Crippen molar-refractivity contribution in [1.29, 1.82) is 0 Å². The van der Waals surface area contributed by atoms with E-state index in [9.17, 15) is 8.42 Å². The number of allylic oxidation sites excluding steroid dienone is 1. The molecule has 0 amide bonds. The van der Waals surface area contributed by atoms with Gasteiger partial charge >= 0.3 is 10.1 Å². The third kappa shape index (κ3) is 4.12. The van der Waals surface area contributed by atoms with Crippen LogP contribution in [0.4, 0.5) is 0 Å². The van der Waals surface area contributed by atoms with Gasteiger partial charge in [-0.2, -0.15) is 13.3 Å². The highest BCUT2D eigenvalue weighted by Gasteiger charge is 2.15. The van der Waals surface area contributed by atoms with Gasteiger partial charge in [0.2, 0.25) is 0 Å². The van der Waals surface area contributed by atoms with E-state index in [1.54, 1.807) is 0 Å². The van der Waals surface area contributed by atoms with E-state index in [2.05, 4.69) is 16.4 Å². The van der Waals surface area contributed by atoms with E-state index in [1.165, 1.54) is 13.0 Å². The van der Waals surface area contributed by atoms with E-state index < -0.39 is 15.2 Å². The molecule has 12 heavy (non-hydrogen) atoms. The van der Waals surface area contributed by atoms with Crippen molar-refractivity contribution in [3.63, 3.8) is 0 Å². The summed E-state index contributed by atoms with van der Waals surface area (Å²) in [7, 11) is -4.32. The Labute approximate surface area is 71.0 Å². The largest absolute Gasteiger partial charge is 0.331 e. The van der Waals surface area contributed by atoms with Crippen molar-refractivity contribution in [3.8, 4) is 0 Å². The molecule has 0 aliphatic heterocycles. The molecule has 70 valence electrons. The lowest BCUT2D eigenvalue weighted by atomic mass is 10.7. The lowest BCUT2D eigenvalue weighted by Crippen LogP contribution is -2.06. The Morgan fingerprint density at radius 1 is 1.67 bits per heavy atom. The standard InChI is InChI=1S/C6H10O5S/c1-3-5-10-11-6(4-2)12(7,8)9/h3-4H,1,5H2,2H3,(H,7,8,9)/b6-4+. The third-order valence-electron chi connectivity index (χ3n) is 0.817. The van der Waals surface area contributed by atoms with E-state index in [4.69, 9.17) is 4.55 Å². The molecule has 0 spiro atoms. The fraction of sp³-hybridized carbons (Fsp3) is 0.333. The number of hydrogen-bond acceptors (Lipinski definition) is 4. The highest BCUT2D eigenvalue weighted by molar-refractivity contribution is 7.89. The average molecular weight is 194 g/mol. The second-order valence-corrected chi connectivity index (χ2v) is 3.09. The SMILES string of the molecule is C=CCOO/C(=C\C)S(=O)(=O)O. The van der Waals surface area contributed by atoms with Gasteiger partial charge in [0, 0.05) is 0 Å². The summed E-state index contributed by atoms with van der Waals surface area (Å²) in [5.74, 6) is 0. The molecule has 0 saturated carbocycles. The van der Waals surface area contributed by atoms with E-state index >= 15 is 0 Å². The van der Waals surface area contributed by atoms with Crippen molar-refractivity contribution in [2.45, 2.75) is 6.92 Å². The van der Waals surface area contributed by atoms with Crippen LogP contribution < -0.4 is 0 Å². The Balaban J connectivity index is 4.14. The second kappa shape index (κ2) is 4.91. The first-order valence-corrected chi connectivity index (χ1v) is 4.50. The summed E-state index contributed by atoms with van der Waals surface area (Å²) < 4.78 is 29.3. The minimum atomic E-state index is -4.32. The zero-order valence-corrected chi connectivity index (χ0v) is 7.37. The fourth-order valence-electron chi connectivity index (χ4n) is 0.380. The van der Waals surface area contributed by atoms with E-state index in [0.717, 1.165) is 6.08 Å². The van der Waals surface area contributed by atoms with Crippen LogP contribution in [0.2, 0.25) is 0 Å². The van der Waals surface area contributed by atoms with Crippen LogP contribution in [0.3, 0.4) is 0 Å². The molecule has 0 saturated heterocycles. The minimum Gasteiger partial charge on any atom is -0.323 e. The van der Waals surface area contributed by atoms with Crippen LogP contribution in [-0.4, -0.2) is 19.6 Å². The molecule has 0 aromatic rings. The lowest BCUT2D eigenvalue weighted by molar-refractivity contribution is -0.244. The van der Waals surface area contributed by atoms with Crippen molar-refractivity contribution in [2.75, 3.05) is 6.61 Å². The molecule has 0 aliphatic rings. The predicted molar refractivity (Wildman–Crippen MR) is 42.5 cm³/mol. The minimum absolute atomic E-state index is 0.0346. The Bertz CT molecular complexity index is 264. The first-order chi connectivity index (χ1) is 5.52. The Morgan fingerprint density at radius 2 is 2.25 bits per heavy atom. The quantitative estimate of drug-likeness (QED) is 0.175. The summed E-state index contributed by atoms with van der Waals surface area (Å²) in [6, 6.07) is 0. The van der Waals surface area contributed by atoms with Crippen LogP contribution in [0.5, 0.6) is 0 Å². The monoisotopic (exact) mass is 194 g/mol. The molecule has 0 aliphatic carbocycles. The molecular weight excluding hydrogens is 184 g/mol. The van der Waals surface area contributed by atoms with Gasteiger partial charge in [-0.05, 0) is 13.0 Å². The van der Waals surface area contributed by atoms with Crippen molar-refractivity contribution in [2.24, 2.45) is 0 Å². The van der Waals surface area contributed by atoms with E-state index in [0.29, 0.717) is 0 Å². The summed E-state index contributed by atoms with van der Waals surface area (Å²) in [6.45, 7) is 4.73. The fourth-order valence-corrected chi connectivity index (χ4v) is 0.812. The molecule has 0 fully saturated rings. The van der Waals surface area contributed by atoms with Gasteiger partial charge < -0.3 is 4.89 Å². The first kappa shape index (κ1) is 11.2. The Kier molecular flexibility index (Phi) is 4.57. The molecular formula is C6H10O5S. The molecule has 0 rings (SSSR count). The van der Waals surface area contributed by atoms with Crippen LogP contribution in [0, 0.1) is 0 Å². The second-order valence-electron chi connectivity index (χ2n) is 1.74. The molecule has 0 unspecified atom stereocenters. The van der Waals surface area contributed by atoms with Gasteiger partial charge in [0.1, 0.15) is 6.61 Å². The molecule has 0 radical (unpaired) electrons. The van der Waals surface area contributed by atoms with Gasteiger partial charge in [-0.3, -0.25) is 4.55 Å². The van der Waals surface area contributed by atoms with Crippen LogP contribution in [0.1, 0.15) is 6.92 Å². The first-order valence-electron chi connectivity index (χ1n) is 3.06. The van der Waals surface area contributed by atoms with Crippen molar-refractivity contribution in [1.82, 2.24) is 0 Å². The summed E-state index contributed by atoms with van der Waals surface area (Å²) >= 11 is 0. The van der Waals surface area contributed by atoms with Crippen LogP contribution >= 0.6 is 0 Å². The Morgan fingerprint density at radius 3 is 2.58 bits per heavy atom. The zero-order valence-electron chi connectivity index (χ0n) is 6.56. The van der Waals surface area contributed by atoms with E-state index in [1.807, 2.05) is 0 Å². The van der Waals surface area contributed by atoms with Gasteiger partial charge in [0.15, 0.2) is 0 Å². The highest BCUT2D eigenvalue weighted by atomic mass is 32.2. The molecule has 0 bridgehead atoms. The van der Waals surface area contributed by atoms with Gasteiger partial charge in [-0.1, -0.05) is 6.08 Å². The summed E-state index contributed by atoms with van der Waals surface area (Å²) in [5, 5.41) is -0.635. The molecule has 0 aromatic carbocycles. The zero-order chi connectivity index (χ0) is 9.61. The number of hydrogen-bond donors (Lipinski definition) is 1. The highest BCUT2D eigenvalue weighted by Crippen LogP contribution is 2.05. The maximum atomic E-state index is 10.4. The van der Waals surface area contributed by atoms with Crippen LogP contribution in [-0.2, 0) is 19.9 Å². The lowest BCUT2D eigenvalue weighted by Gasteiger charge is -2.02. The van der Waals surface area contributed by atoms with Gasteiger partial charge in [-0.25, -0.2) is 0 Å². The van der Waals surface area contributed by atoms with Gasteiger partial charge in [0.25, 0.3) is 5.09 Å². The summed E-state index contributed by atoms with van der Waals surface area (Å²) in [4.78, 5) is 8.58. The van der Waals surface area contributed by atoms with E-state index in [-0.39, 0.29) is 6.61 Å². The molecule has 0 atom stereocenters. The third-order valence-corrected chi connectivity index (χ3v) is 1.63. The maximum Gasteiger partial charge on any atom is 0.331 e. The predicted octanol–water partition coefficient (Wildman–Crippen LogP) is 0.870. The van der Waals surface area contributed by atoms with Crippen LogP contribution in [0.25, 0.3) is 0 Å². The smallest absolute Gasteiger partial charge is 0.323 e. The van der Waals surface area contributed by atoms with Crippen molar-refractivity contribution in [3.05, 3.63) is 23.8 Å². The topological polar surface area (TPSA) is 72.8 Å². The molecule has 1 N–H and O–H groups in total. The Hall–Kier alpha value is -0.850. The van der Waals surface area contributed by atoms with Crippen molar-refractivity contribution < 1.29 is 22.7 Å². The normalized spacial score (nSPS) is 12.7. The van der Waals surface area contributed by atoms with Crippen molar-refractivity contribution >= 4 is 10.1 Å².